The molecule has 0 heterocycles. The summed E-state index contributed by atoms with van der Waals surface area (Å²) < 4.78 is 0. The summed E-state index contributed by atoms with van der Waals surface area (Å²) in [5.41, 5.74) is 6.58. The molecule has 4 rings (SSSR count). The first-order chi connectivity index (χ1) is 8.83. The Kier molecular flexibility index (Phi) is 2.12. The summed E-state index contributed by atoms with van der Waals surface area (Å²) >= 11 is 0. The van der Waals surface area contributed by atoms with Gasteiger partial charge in [-0.1, -0.05) is 42.5 Å². The zero-order valence-corrected chi connectivity index (χ0v) is 10.3. The summed E-state index contributed by atoms with van der Waals surface area (Å²) in [4.78, 5) is 0. The van der Waals surface area contributed by atoms with Crippen LogP contribution in [0.3, 0.4) is 0 Å². The molecule has 2 aromatic carbocycles. The van der Waals surface area contributed by atoms with E-state index in [-0.39, 0.29) is 6.10 Å². The molecule has 1 atom stereocenters. The molecule has 1 saturated carbocycles. The van der Waals surface area contributed by atoms with Crippen LogP contribution in [0.2, 0.25) is 0 Å². The van der Waals surface area contributed by atoms with E-state index in [0.29, 0.717) is 5.92 Å². The van der Waals surface area contributed by atoms with E-state index < -0.39 is 0 Å². The van der Waals surface area contributed by atoms with Gasteiger partial charge in [-0.25, -0.2) is 0 Å². The van der Waals surface area contributed by atoms with Crippen LogP contribution in [0.5, 0.6) is 0 Å². The molecular formula is C17H16O. The quantitative estimate of drug-likeness (QED) is 0.719. The second-order valence-electron chi connectivity index (χ2n) is 5.53. The molecule has 2 aromatic rings. The molecule has 90 valence electrons. The van der Waals surface area contributed by atoms with Crippen LogP contribution in [0.1, 0.15) is 35.6 Å². The highest BCUT2D eigenvalue weighted by Gasteiger charge is 2.31. The Labute approximate surface area is 107 Å². The van der Waals surface area contributed by atoms with Crippen LogP contribution in [0.4, 0.5) is 0 Å². The third-order valence-electron chi connectivity index (χ3n) is 4.23. The molecule has 0 unspecified atom stereocenters. The average Bonchev–Trinajstić information content (AvgIpc) is 3.18. The minimum atomic E-state index is -0.251. The first-order valence-electron chi connectivity index (χ1n) is 6.72. The van der Waals surface area contributed by atoms with Crippen molar-refractivity contribution in [2.45, 2.75) is 25.4 Å². The van der Waals surface area contributed by atoms with Crippen LogP contribution in [0.25, 0.3) is 11.1 Å². The summed E-state index contributed by atoms with van der Waals surface area (Å²) in [7, 11) is 0. The maximum atomic E-state index is 10.2. The lowest BCUT2D eigenvalue weighted by Crippen LogP contribution is -2.00. The lowest BCUT2D eigenvalue weighted by atomic mass is 9.99. The summed E-state index contributed by atoms with van der Waals surface area (Å²) in [6, 6.07) is 15.1. The molecule has 0 saturated heterocycles. The van der Waals surface area contributed by atoms with Crippen molar-refractivity contribution in [2.75, 3.05) is 0 Å². The lowest BCUT2D eigenvalue weighted by molar-refractivity contribution is 0.154. The van der Waals surface area contributed by atoms with E-state index in [0.717, 1.165) is 12.0 Å². The van der Waals surface area contributed by atoms with Gasteiger partial charge in [-0.15, -0.1) is 0 Å². The number of rotatable bonds is 2. The Bertz CT molecular complexity index is 611. The summed E-state index contributed by atoms with van der Waals surface area (Å²) in [5.74, 6) is 0.506. The molecule has 1 nitrogen and oxygen atoms in total. The van der Waals surface area contributed by atoms with Gasteiger partial charge in [0, 0.05) is 0 Å². The van der Waals surface area contributed by atoms with E-state index in [4.69, 9.17) is 0 Å². The van der Waals surface area contributed by atoms with Gasteiger partial charge in [0.1, 0.15) is 0 Å². The van der Waals surface area contributed by atoms with Gasteiger partial charge in [0.05, 0.1) is 6.10 Å². The first-order valence-corrected chi connectivity index (χ1v) is 6.72. The molecule has 0 amide bonds. The smallest absolute Gasteiger partial charge is 0.0818 e. The molecule has 0 aliphatic heterocycles. The summed E-state index contributed by atoms with van der Waals surface area (Å²) in [5, 5.41) is 10.2. The predicted molar refractivity (Wildman–Crippen MR) is 72.4 cm³/mol. The van der Waals surface area contributed by atoms with Crippen molar-refractivity contribution < 1.29 is 5.11 Å². The van der Waals surface area contributed by atoms with E-state index in [1.807, 2.05) is 0 Å². The van der Waals surface area contributed by atoms with Crippen LogP contribution < -0.4 is 0 Å². The maximum Gasteiger partial charge on any atom is 0.0818 e. The third kappa shape index (κ3) is 1.51. The largest absolute Gasteiger partial charge is 0.388 e. The van der Waals surface area contributed by atoms with Crippen molar-refractivity contribution >= 4 is 0 Å². The van der Waals surface area contributed by atoms with E-state index >= 15 is 0 Å². The van der Waals surface area contributed by atoms with Crippen molar-refractivity contribution in [3.8, 4) is 11.1 Å². The predicted octanol–water partition coefficient (Wildman–Crippen LogP) is 3.70. The minimum Gasteiger partial charge on any atom is -0.388 e. The van der Waals surface area contributed by atoms with Gasteiger partial charge in [-0.3, -0.25) is 0 Å². The van der Waals surface area contributed by atoms with Gasteiger partial charge in [-0.05, 0) is 53.0 Å². The van der Waals surface area contributed by atoms with Gasteiger partial charge in [-0.2, -0.15) is 0 Å². The zero-order valence-electron chi connectivity index (χ0n) is 10.3. The molecule has 2 aliphatic carbocycles. The number of benzene rings is 2. The molecular weight excluding hydrogens is 220 g/mol. The molecule has 18 heavy (non-hydrogen) atoms. The summed E-state index contributed by atoms with van der Waals surface area (Å²) in [6.07, 6.45) is 3.12. The Morgan fingerprint density at radius 1 is 0.944 bits per heavy atom. The molecule has 0 bridgehead atoms. The lowest BCUT2D eigenvalue weighted by Gasteiger charge is -2.11. The molecule has 1 N–H and O–H groups in total. The third-order valence-corrected chi connectivity index (χ3v) is 4.23. The first kappa shape index (κ1) is 10.3. The van der Waals surface area contributed by atoms with Crippen molar-refractivity contribution in [3.63, 3.8) is 0 Å². The number of hydrogen-bond acceptors (Lipinski definition) is 1. The highest BCUT2D eigenvalue weighted by atomic mass is 16.3. The topological polar surface area (TPSA) is 20.2 Å². The van der Waals surface area contributed by atoms with Gasteiger partial charge in [0.25, 0.3) is 0 Å². The van der Waals surface area contributed by atoms with Gasteiger partial charge in [0.15, 0.2) is 0 Å². The molecule has 0 aromatic heterocycles. The second-order valence-corrected chi connectivity index (χ2v) is 5.53. The Morgan fingerprint density at radius 2 is 1.72 bits per heavy atom. The zero-order chi connectivity index (χ0) is 12.1. The summed E-state index contributed by atoms with van der Waals surface area (Å²) in [6.45, 7) is 0. The van der Waals surface area contributed by atoms with E-state index in [9.17, 15) is 5.11 Å². The van der Waals surface area contributed by atoms with Crippen LogP contribution >= 0.6 is 0 Å². The van der Waals surface area contributed by atoms with Crippen molar-refractivity contribution in [3.05, 3.63) is 59.2 Å². The van der Waals surface area contributed by atoms with Crippen molar-refractivity contribution in [1.82, 2.24) is 0 Å². The fourth-order valence-corrected chi connectivity index (χ4v) is 3.03. The van der Waals surface area contributed by atoms with E-state index in [1.165, 1.54) is 35.1 Å². The fraction of sp³-hybridized carbons (Fsp3) is 0.294. The molecule has 2 aliphatic rings. The number of aliphatic hydroxyl groups excluding tert-OH is 1. The average molecular weight is 236 g/mol. The Morgan fingerprint density at radius 3 is 2.56 bits per heavy atom. The van der Waals surface area contributed by atoms with Gasteiger partial charge in [0.2, 0.25) is 0 Å². The monoisotopic (exact) mass is 236 g/mol. The van der Waals surface area contributed by atoms with Crippen LogP contribution in [0, 0.1) is 5.92 Å². The van der Waals surface area contributed by atoms with Gasteiger partial charge >= 0.3 is 0 Å². The standard InChI is InChI=1S/C17H16O/c18-17(11-5-6-11)13-7-8-16-14(10-13)9-12-3-1-2-4-15(12)16/h1-4,7-8,10-11,17-18H,5-6,9H2/t17-/m1/s1. The number of fused-ring (bicyclic) bond motifs is 3. The Hall–Kier alpha value is -1.60. The second kappa shape index (κ2) is 3.69. The van der Waals surface area contributed by atoms with Crippen LogP contribution in [-0.4, -0.2) is 5.11 Å². The molecule has 0 spiro atoms. The minimum absolute atomic E-state index is 0.251. The van der Waals surface area contributed by atoms with Crippen LogP contribution in [0.15, 0.2) is 42.5 Å². The number of hydrogen-bond donors (Lipinski definition) is 1. The normalized spacial score (nSPS) is 18.3. The molecule has 1 fully saturated rings. The highest BCUT2D eigenvalue weighted by molar-refractivity contribution is 5.76. The van der Waals surface area contributed by atoms with E-state index in [1.54, 1.807) is 0 Å². The van der Waals surface area contributed by atoms with Crippen molar-refractivity contribution in [2.24, 2.45) is 5.92 Å². The highest BCUT2D eigenvalue weighted by Crippen LogP contribution is 2.43. The maximum absolute atomic E-state index is 10.2. The molecule has 0 radical (unpaired) electrons. The van der Waals surface area contributed by atoms with Crippen LogP contribution in [-0.2, 0) is 6.42 Å². The van der Waals surface area contributed by atoms with E-state index in [2.05, 4.69) is 42.5 Å². The molecule has 1 heteroatoms. The fourth-order valence-electron chi connectivity index (χ4n) is 3.03. The van der Waals surface area contributed by atoms with Gasteiger partial charge < -0.3 is 5.11 Å². The SMILES string of the molecule is O[C@@H](c1ccc2c(c1)Cc1ccccc1-2)C1CC1. The van der Waals surface area contributed by atoms with Crippen molar-refractivity contribution in [1.29, 1.82) is 0 Å². The Balaban J connectivity index is 1.76. The number of aliphatic hydroxyl groups is 1.